The number of nitrogens with one attached hydrogen (secondary N) is 1. The molecule has 38 heavy (non-hydrogen) atoms. The molecule has 0 amide bonds. The molecule has 0 radical (unpaired) electrons. The van der Waals surface area contributed by atoms with Gasteiger partial charge in [0.2, 0.25) is 0 Å². The maximum Gasteiger partial charge on any atom is 0.119 e. The number of rotatable bonds is 7. The molecule has 0 spiro atoms. The highest BCUT2D eigenvalue weighted by molar-refractivity contribution is 5.90. The zero-order chi connectivity index (χ0) is 26.5. The zero-order valence-electron chi connectivity index (χ0n) is 22.9. The highest BCUT2D eigenvalue weighted by Crippen LogP contribution is 2.39. The molecule has 1 aliphatic heterocycles. The minimum atomic E-state index is -0.208. The summed E-state index contributed by atoms with van der Waals surface area (Å²) in [5.41, 5.74) is 10.5. The number of hydrogen-bond donors (Lipinski definition) is 1. The molecular formula is C34H39FN2O. The van der Waals surface area contributed by atoms with Gasteiger partial charge in [0, 0.05) is 42.1 Å². The van der Waals surface area contributed by atoms with E-state index in [1.54, 1.807) is 7.11 Å². The van der Waals surface area contributed by atoms with Gasteiger partial charge in [-0.15, -0.1) is 0 Å². The first kappa shape index (κ1) is 26.2. The van der Waals surface area contributed by atoms with Gasteiger partial charge in [-0.25, -0.2) is 0 Å². The number of ether oxygens (including phenoxy) is 1. The van der Waals surface area contributed by atoms with Crippen LogP contribution in [0.3, 0.4) is 0 Å². The van der Waals surface area contributed by atoms with E-state index in [4.69, 9.17) is 4.74 Å². The lowest BCUT2D eigenvalue weighted by Crippen LogP contribution is -2.46. The Labute approximate surface area is 226 Å². The number of benzene rings is 3. The van der Waals surface area contributed by atoms with Crippen molar-refractivity contribution in [3.8, 4) is 5.75 Å². The summed E-state index contributed by atoms with van der Waals surface area (Å²) in [5, 5.41) is 1.23. The summed E-state index contributed by atoms with van der Waals surface area (Å²) in [6.07, 6.45) is 4.24. The number of methoxy groups -OCH3 is 1. The molecule has 0 atom stereocenters. The number of allylic oxidation sites excluding steroid dienone is 1. The molecule has 1 saturated heterocycles. The largest absolute Gasteiger partial charge is 0.497 e. The Morgan fingerprint density at radius 3 is 2.53 bits per heavy atom. The van der Waals surface area contributed by atoms with Crippen molar-refractivity contribution in [2.45, 2.75) is 46.1 Å². The minimum absolute atomic E-state index is 0.208. The summed E-state index contributed by atoms with van der Waals surface area (Å²) in [6, 6.07) is 26.5. The quantitative estimate of drug-likeness (QED) is 0.273. The molecule has 1 N–H and O–H groups in total. The van der Waals surface area contributed by atoms with E-state index >= 15 is 0 Å². The number of aromatic amines is 1. The third kappa shape index (κ3) is 5.56. The molecule has 2 aliphatic rings. The third-order valence-corrected chi connectivity index (χ3v) is 7.73. The SMILES string of the molecule is CC.COc1ccc2c(c1)CCCC(Cc1ccccc1)=C2c1ccc2[nH]c(CN3CC(CF)C3)cc2c1. The first-order chi connectivity index (χ1) is 18.7. The topological polar surface area (TPSA) is 28.3 Å². The molecule has 0 saturated carbocycles. The first-order valence-electron chi connectivity index (χ1n) is 14.0. The van der Waals surface area contributed by atoms with Crippen molar-refractivity contribution in [2.24, 2.45) is 5.92 Å². The Morgan fingerprint density at radius 2 is 1.76 bits per heavy atom. The molecule has 4 heteroatoms. The molecule has 2 heterocycles. The van der Waals surface area contributed by atoms with Gasteiger partial charge in [-0.2, -0.15) is 0 Å². The maximum atomic E-state index is 12.8. The minimum Gasteiger partial charge on any atom is -0.497 e. The lowest BCUT2D eigenvalue weighted by molar-refractivity contribution is 0.0728. The zero-order valence-corrected chi connectivity index (χ0v) is 22.9. The van der Waals surface area contributed by atoms with Crippen LogP contribution in [-0.4, -0.2) is 36.8 Å². The van der Waals surface area contributed by atoms with Gasteiger partial charge < -0.3 is 9.72 Å². The van der Waals surface area contributed by atoms with Crippen LogP contribution in [0.1, 0.15) is 54.6 Å². The van der Waals surface area contributed by atoms with Crippen LogP contribution in [0.2, 0.25) is 0 Å². The fourth-order valence-electron chi connectivity index (χ4n) is 5.91. The second-order valence-corrected chi connectivity index (χ2v) is 10.3. The average molecular weight is 511 g/mol. The monoisotopic (exact) mass is 510 g/mol. The van der Waals surface area contributed by atoms with Crippen LogP contribution < -0.4 is 4.74 Å². The van der Waals surface area contributed by atoms with Crippen LogP contribution >= 0.6 is 0 Å². The highest BCUT2D eigenvalue weighted by atomic mass is 19.1. The molecule has 3 nitrogen and oxygen atoms in total. The van der Waals surface area contributed by atoms with Gasteiger partial charge >= 0.3 is 0 Å². The number of H-pyrrole nitrogens is 1. The normalized spacial score (nSPS) is 15.9. The molecule has 4 aromatic rings. The van der Waals surface area contributed by atoms with E-state index in [0.717, 1.165) is 56.6 Å². The molecule has 0 unspecified atom stereocenters. The molecule has 6 rings (SSSR count). The fraction of sp³-hybridized carbons (Fsp3) is 0.353. The Kier molecular flexibility index (Phi) is 8.29. The smallest absolute Gasteiger partial charge is 0.119 e. The molecule has 198 valence electrons. The van der Waals surface area contributed by atoms with Crippen molar-refractivity contribution >= 4 is 16.5 Å². The number of hydrogen-bond acceptors (Lipinski definition) is 2. The lowest BCUT2D eigenvalue weighted by Gasteiger charge is -2.37. The summed E-state index contributed by atoms with van der Waals surface area (Å²) in [5.74, 6) is 1.14. The van der Waals surface area contributed by atoms with E-state index in [-0.39, 0.29) is 12.6 Å². The Hall–Kier alpha value is -3.37. The Balaban J connectivity index is 0.00000144. The van der Waals surface area contributed by atoms with Crippen molar-refractivity contribution in [3.63, 3.8) is 0 Å². The maximum absolute atomic E-state index is 12.8. The predicted octanol–water partition coefficient (Wildman–Crippen LogP) is 7.98. The Morgan fingerprint density at radius 1 is 0.947 bits per heavy atom. The Bertz CT molecular complexity index is 1400. The van der Waals surface area contributed by atoms with E-state index in [1.807, 2.05) is 13.8 Å². The molecule has 1 aliphatic carbocycles. The van der Waals surface area contributed by atoms with Crippen molar-refractivity contribution in [3.05, 3.63) is 106 Å². The van der Waals surface area contributed by atoms with E-state index < -0.39 is 0 Å². The highest BCUT2D eigenvalue weighted by Gasteiger charge is 2.26. The van der Waals surface area contributed by atoms with Crippen LogP contribution in [0.4, 0.5) is 4.39 Å². The second-order valence-electron chi connectivity index (χ2n) is 10.3. The second kappa shape index (κ2) is 12.0. The van der Waals surface area contributed by atoms with E-state index in [1.165, 1.54) is 44.5 Å². The summed E-state index contributed by atoms with van der Waals surface area (Å²) in [4.78, 5) is 5.90. The van der Waals surface area contributed by atoms with Crippen molar-refractivity contribution < 1.29 is 9.13 Å². The van der Waals surface area contributed by atoms with Crippen molar-refractivity contribution in [2.75, 3.05) is 26.9 Å². The van der Waals surface area contributed by atoms with Gasteiger partial charge in [-0.05, 0) is 83.8 Å². The van der Waals surface area contributed by atoms with Gasteiger partial charge in [-0.1, -0.05) is 61.9 Å². The molecule has 3 aromatic carbocycles. The first-order valence-corrected chi connectivity index (χ1v) is 14.0. The van der Waals surface area contributed by atoms with Crippen molar-refractivity contribution in [1.82, 2.24) is 9.88 Å². The summed E-state index contributed by atoms with van der Waals surface area (Å²) in [6.45, 7) is 6.35. The average Bonchev–Trinajstić information content (AvgIpc) is 3.25. The fourth-order valence-corrected chi connectivity index (χ4v) is 5.91. The van der Waals surface area contributed by atoms with Gasteiger partial charge in [0.05, 0.1) is 13.8 Å². The number of halogens is 1. The van der Waals surface area contributed by atoms with Gasteiger partial charge in [0.15, 0.2) is 0 Å². The molecule has 0 bridgehead atoms. The number of fused-ring (bicyclic) bond motifs is 2. The number of nitrogens with zero attached hydrogens (tertiary/aromatic N) is 1. The summed E-state index contributed by atoms with van der Waals surface area (Å²) >= 11 is 0. The molecule has 1 fully saturated rings. The third-order valence-electron chi connectivity index (χ3n) is 7.73. The van der Waals surface area contributed by atoms with Gasteiger partial charge in [-0.3, -0.25) is 9.29 Å². The van der Waals surface area contributed by atoms with Crippen LogP contribution in [0.5, 0.6) is 5.75 Å². The summed E-state index contributed by atoms with van der Waals surface area (Å²) in [7, 11) is 1.74. The van der Waals surface area contributed by atoms with E-state index in [0.29, 0.717) is 0 Å². The number of aryl methyl sites for hydroxylation is 1. The van der Waals surface area contributed by atoms with Crippen LogP contribution in [-0.2, 0) is 19.4 Å². The van der Waals surface area contributed by atoms with E-state index in [2.05, 4.69) is 82.7 Å². The standard InChI is InChI=1S/C32H33FN2O.C2H6/c1-36-29-11-12-30-24(17-29)8-5-9-25(14-22-6-3-2-4-7-22)32(30)26-10-13-31-27(15-26)16-28(34-31)21-35-19-23(18-33)20-35;1-2/h2-4,6-7,10-13,15-17,23,34H,5,8-9,14,18-21H2,1H3;1-2H3. The number of alkyl halides is 1. The van der Waals surface area contributed by atoms with Gasteiger partial charge in [0.25, 0.3) is 0 Å². The van der Waals surface area contributed by atoms with Crippen LogP contribution in [0, 0.1) is 5.92 Å². The van der Waals surface area contributed by atoms with Crippen LogP contribution in [0.25, 0.3) is 16.5 Å². The number of aromatic nitrogens is 1. The van der Waals surface area contributed by atoms with Gasteiger partial charge in [0.1, 0.15) is 5.75 Å². The van der Waals surface area contributed by atoms with Crippen LogP contribution in [0.15, 0.2) is 78.4 Å². The molecule has 1 aromatic heterocycles. The molecular weight excluding hydrogens is 471 g/mol. The number of likely N-dealkylation sites (tertiary alicyclic amines) is 1. The predicted molar refractivity (Wildman–Crippen MR) is 156 cm³/mol. The summed E-state index contributed by atoms with van der Waals surface area (Å²) < 4.78 is 18.4. The van der Waals surface area contributed by atoms with Crippen molar-refractivity contribution in [1.29, 1.82) is 0 Å². The lowest BCUT2D eigenvalue weighted by atomic mass is 9.88. The van der Waals surface area contributed by atoms with E-state index in [9.17, 15) is 4.39 Å².